The fourth-order valence-corrected chi connectivity index (χ4v) is 3.41. The molecule has 1 aliphatic rings. The second-order valence-electron chi connectivity index (χ2n) is 6.38. The van der Waals surface area contributed by atoms with Crippen LogP contribution in [0.4, 0.5) is 10.2 Å². The number of hydrogen-bond acceptors (Lipinski definition) is 6. The van der Waals surface area contributed by atoms with Crippen LogP contribution >= 0.6 is 11.6 Å². The molecule has 3 heterocycles. The van der Waals surface area contributed by atoms with Gasteiger partial charge in [-0.15, -0.1) is 0 Å². The highest BCUT2D eigenvalue weighted by Gasteiger charge is 2.31. The second kappa shape index (κ2) is 6.79. The van der Waals surface area contributed by atoms with Crippen LogP contribution in [0.2, 0.25) is 5.02 Å². The predicted molar refractivity (Wildman–Crippen MR) is 95.4 cm³/mol. The van der Waals surface area contributed by atoms with Crippen molar-refractivity contribution in [3.8, 4) is 11.4 Å². The number of halogens is 2. The van der Waals surface area contributed by atoms with E-state index < -0.39 is 24.1 Å². The highest BCUT2D eigenvalue weighted by molar-refractivity contribution is 6.31. The second-order valence-corrected chi connectivity index (χ2v) is 6.82. The summed E-state index contributed by atoms with van der Waals surface area (Å²) >= 11 is 6.01. The van der Waals surface area contributed by atoms with Crippen molar-refractivity contribution in [2.75, 3.05) is 5.32 Å². The summed E-state index contributed by atoms with van der Waals surface area (Å²) in [5.74, 6) is -0.343. The Morgan fingerprint density at radius 1 is 1.23 bits per heavy atom. The Bertz CT molecular complexity index is 950. The molecule has 2 unspecified atom stereocenters. The summed E-state index contributed by atoms with van der Waals surface area (Å²) in [7, 11) is 0. The van der Waals surface area contributed by atoms with E-state index >= 15 is 0 Å². The molecule has 26 heavy (non-hydrogen) atoms. The lowest BCUT2D eigenvalue weighted by Crippen LogP contribution is -2.45. The largest absolute Gasteiger partial charge is 0.390 e. The molecule has 4 N–H and O–H groups in total. The third-order valence-corrected chi connectivity index (χ3v) is 4.83. The van der Waals surface area contributed by atoms with Crippen LogP contribution in [0, 0.1) is 5.82 Å². The zero-order valence-corrected chi connectivity index (χ0v) is 14.4. The summed E-state index contributed by atoms with van der Waals surface area (Å²) in [5.41, 5.74) is 1.26. The molecule has 0 radical (unpaired) electrons. The molecule has 0 amide bonds. The third-order valence-electron chi connectivity index (χ3n) is 4.63. The van der Waals surface area contributed by atoms with Gasteiger partial charge >= 0.3 is 0 Å². The Kier molecular flexibility index (Phi) is 4.47. The van der Waals surface area contributed by atoms with Crippen LogP contribution in [0.3, 0.4) is 0 Å². The average Bonchev–Trinajstić information content (AvgIpc) is 3.04. The lowest BCUT2D eigenvalue weighted by Gasteiger charge is -2.32. The van der Waals surface area contributed by atoms with Gasteiger partial charge in [0.2, 0.25) is 0 Å². The molecule has 3 aromatic heterocycles. The maximum Gasteiger partial charge on any atom is 0.183 e. The monoisotopic (exact) mass is 377 g/mol. The molecule has 1 saturated carbocycles. The number of rotatable bonds is 3. The number of anilines is 1. The van der Waals surface area contributed by atoms with Crippen molar-refractivity contribution >= 4 is 28.5 Å². The predicted octanol–water partition coefficient (Wildman–Crippen LogP) is 2.50. The Hall–Kier alpha value is -2.29. The fraction of sp³-hybridized carbons (Fsp3) is 0.353. The minimum atomic E-state index is -0.974. The summed E-state index contributed by atoms with van der Waals surface area (Å²) < 4.78 is 14.2. The van der Waals surface area contributed by atoms with Gasteiger partial charge in [-0.2, -0.15) is 0 Å². The number of nitrogens with one attached hydrogen (secondary N) is 2. The van der Waals surface area contributed by atoms with E-state index in [9.17, 15) is 14.6 Å². The number of nitrogens with zero attached hydrogens (tertiary/aromatic N) is 3. The van der Waals surface area contributed by atoms with Gasteiger partial charge in [-0.25, -0.2) is 19.3 Å². The third kappa shape index (κ3) is 3.11. The minimum absolute atomic E-state index is 0.0162. The average molecular weight is 378 g/mol. The number of fused-ring (bicyclic) bond motifs is 1. The number of pyridine rings is 1. The molecular formula is C17H17ClFN5O2. The van der Waals surface area contributed by atoms with E-state index in [1.165, 1.54) is 6.20 Å². The van der Waals surface area contributed by atoms with Crippen molar-refractivity contribution in [3.63, 3.8) is 0 Å². The van der Waals surface area contributed by atoms with Crippen molar-refractivity contribution in [3.05, 3.63) is 35.5 Å². The first-order valence-corrected chi connectivity index (χ1v) is 8.69. The topological polar surface area (TPSA) is 107 Å². The maximum absolute atomic E-state index is 14.2. The van der Waals surface area contributed by atoms with Crippen LogP contribution in [0.25, 0.3) is 22.4 Å². The lowest BCUT2D eigenvalue weighted by molar-refractivity contribution is -0.0162. The van der Waals surface area contributed by atoms with Gasteiger partial charge in [-0.05, 0) is 25.3 Å². The van der Waals surface area contributed by atoms with Gasteiger partial charge in [0.1, 0.15) is 5.65 Å². The van der Waals surface area contributed by atoms with E-state index in [2.05, 4.69) is 25.3 Å². The molecule has 1 aliphatic carbocycles. The number of hydrogen-bond donors (Lipinski definition) is 4. The summed E-state index contributed by atoms with van der Waals surface area (Å²) in [6.45, 7) is 0. The normalized spacial score (nSPS) is 23.3. The van der Waals surface area contributed by atoms with Crippen molar-refractivity contribution in [1.82, 2.24) is 19.9 Å². The van der Waals surface area contributed by atoms with Crippen molar-refractivity contribution in [2.45, 2.75) is 37.5 Å². The molecular weight excluding hydrogens is 361 g/mol. The number of aliphatic hydroxyl groups is 2. The summed E-state index contributed by atoms with van der Waals surface area (Å²) in [4.78, 5) is 15.5. The molecule has 7 nitrogen and oxygen atoms in total. The van der Waals surface area contributed by atoms with E-state index in [0.29, 0.717) is 34.9 Å². The quantitative estimate of drug-likeness (QED) is 0.558. The Morgan fingerprint density at radius 3 is 2.92 bits per heavy atom. The zero-order chi connectivity index (χ0) is 18.3. The maximum atomic E-state index is 14.2. The van der Waals surface area contributed by atoms with Crippen molar-refractivity contribution in [2.24, 2.45) is 0 Å². The fourth-order valence-electron chi connectivity index (χ4n) is 3.25. The number of aromatic nitrogens is 4. The molecule has 4 rings (SSSR count). The molecule has 0 aliphatic heterocycles. The van der Waals surface area contributed by atoms with Crippen LogP contribution in [0.15, 0.2) is 24.7 Å². The molecule has 3 aromatic rings. The van der Waals surface area contributed by atoms with Crippen LogP contribution in [-0.4, -0.2) is 48.4 Å². The first kappa shape index (κ1) is 17.1. The Morgan fingerprint density at radius 2 is 2.08 bits per heavy atom. The summed E-state index contributed by atoms with van der Waals surface area (Å²) in [5, 5.41) is 24.0. The van der Waals surface area contributed by atoms with Crippen molar-refractivity contribution < 1.29 is 14.6 Å². The van der Waals surface area contributed by atoms with Gasteiger partial charge in [0.15, 0.2) is 17.5 Å². The van der Waals surface area contributed by atoms with E-state index in [1.54, 1.807) is 12.3 Å². The van der Waals surface area contributed by atoms with E-state index in [4.69, 9.17) is 11.6 Å². The van der Waals surface area contributed by atoms with Crippen LogP contribution in [0.1, 0.15) is 19.3 Å². The van der Waals surface area contributed by atoms with Crippen LogP contribution < -0.4 is 5.32 Å². The molecule has 3 atom stereocenters. The van der Waals surface area contributed by atoms with Gasteiger partial charge in [0, 0.05) is 23.3 Å². The highest BCUT2D eigenvalue weighted by Crippen LogP contribution is 2.29. The zero-order valence-electron chi connectivity index (χ0n) is 13.7. The molecule has 1 fully saturated rings. The molecule has 0 aromatic carbocycles. The molecule has 136 valence electrons. The summed E-state index contributed by atoms with van der Waals surface area (Å²) in [6.07, 6.45) is 4.37. The van der Waals surface area contributed by atoms with Gasteiger partial charge in [-0.1, -0.05) is 11.6 Å². The SMILES string of the molecule is OC1C(Nc2nc(-c3c[nH]c4ncc(Cl)cc34)ncc2F)CCC[C@H]1O. The van der Waals surface area contributed by atoms with Crippen LogP contribution in [0.5, 0.6) is 0 Å². The first-order valence-electron chi connectivity index (χ1n) is 8.31. The number of H-pyrrole nitrogens is 1. The lowest BCUT2D eigenvalue weighted by atomic mass is 9.90. The summed E-state index contributed by atoms with van der Waals surface area (Å²) in [6, 6.07) is 1.26. The van der Waals surface area contributed by atoms with Gasteiger partial charge in [-0.3, -0.25) is 0 Å². The molecule has 9 heteroatoms. The molecule has 0 spiro atoms. The number of aromatic amines is 1. The molecule has 0 bridgehead atoms. The van der Waals surface area contributed by atoms with Gasteiger partial charge in [0.25, 0.3) is 0 Å². The van der Waals surface area contributed by atoms with Gasteiger partial charge in [0.05, 0.1) is 29.5 Å². The number of aliphatic hydroxyl groups excluding tert-OH is 2. The standard InChI is InChI=1S/C17H17ClFN5O2/c18-8-4-9-10(6-21-15(9)20-5-8)16-22-7-11(19)17(24-16)23-12-2-1-3-13(25)14(12)26/h4-7,12-14,25-26H,1-3H2,(H,20,21)(H,22,23,24)/t12?,13-,14?/m1/s1. The first-order chi connectivity index (χ1) is 12.5. The molecule has 0 saturated heterocycles. The highest BCUT2D eigenvalue weighted by atomic mass is 35.5. The van der Waals surface area contributed by atoms with Crippen LogP contribution in [-0.2, 0) is 0 Å². The van der Waals surface area contributed by atoms with Crippen molar-refractivity contribution in [1.29, 1.82) is 0 Å². The Balaban J connectivity index is 1.68. The van der Waals surface area contributed by atoms with E-state index in [1.807, 2.05) is 0 Å². The van der Waals surface area contributed by atoms with E-state index in [-0.39, 0.29) is 5.82 Å². The Labute approximate surface area is 153 Å². The minimum Gasteiger partial charge on any atom is -0.390 e. The smallest absolute Gasteiger partial charge is 0.183 e. The van der Waals surface area contributed by atoms with E-state index in [0.717, 1.165) is 18.0 Å². The van der Waals surface area contributed by atoms with Gasteiger partial charge < -0.3 is 20.5 Å².